The van der Waals surface area contributed by atoms with E-state index in [1.807, 2.05) is 6.92 Å². The van der Waals surface area contributed by atoms with Crippen LogP contribution in [0.15, 0.2) is 29.3 Å². The molecule has 1 aromatic rings. The molecule has 3 rings (SSSR count). The molecule has 1 fully saturated rings. The lowest BCUT2D eigenvalue weighted by atomic mass is 9.78. The molecule has 7 heteroatoms. The maximum Gasteiger partial charge on any atom is 0.191 e. The van der Waals surface area contributed by atoms with Gasteiger partial charge in [-0.25, -0.2) is 8.42 Å². The molecule has 2 aliphatic rings. The summed E-state index contributed by atoms with van der Waals surface area (Å²) in [6.07, 6.45) is 1.75. The Bertz CT molecular complexity index is 676. The molecule has 0 amide bonds. The number of sulfone groups is 1. The van der Waals surface area contributed by atoms with Gasteiger partial charge in [-0.3, -0.25) is 4.99 Å². The van der Waals surface area contributed by atoms with E-state index in [0.717, 1.165) is 25.5 Å². The molecule has 1 aliphatic carbocycles. The third-order valence-electron chi connectivity index (χ3n) is 4.35. The number of hydrogen-bond acceptors (Lipinski definition) is 3. The minimum Gasteiger partial charge on any atom is -0.357 e. The molecule has 1 aliphatic heterocycles. The largest absolute Gasteiger partial charge is 0.357 e. The van der Waals surface area contributed by atoms with Crippen LogP contribution in [0, 0.1) is 0 Å². The molecule has 1 saturated heterocycles. The van der Waals surface area contributed by atoms with Crippen molar-refractivity contribution in [1.82, 2.24) is 10.6 Å². The second-order valence-electron chi connectivity index (χ2n) is 6.06. The highest BCUT2D eigenvalue weighted by molar-refractivity contribution is 14.0. The molecule has 1 heterocycles. The number of aliphatic imine (C=N–C) groups is 1. The van der Waals surface area contributed by atoms with Crippen molar-refractivity contribution in [3.63, 3.8) is 0 Å². The fourth-order valence-corrected chi connectivity index (χ4v) is 4.82. The van der Waals surface area contributed by atoms with Gasteiger partial charge in [0, 0.05) is 25.0 Å². The summed E-state index contributed by atoms with van der Waals surface area (Å²) in [6.45, 7) is 3.53. The van der Waals surface area contributed by atoms with Crippen LogP contribution in [-0.2, 0) is 16.3 Å². The van der Waals surface area contributed by atoms with Crippen LogP contribution < -0.4 is 10.6 Å². The first-order chi connectivity index (χ1) is 10.6. The van der Waals surface area contributed by atoms with Crippen molar-refractivity contribution in [1.29, 1.82) is 0 Å². The Morgan fingerprint density at radius 3 is 2.78 bits per heavy atom. The molecule has 0 radical (unpaired) electrons. The van der Waals surface area contributed by atoms with E-state index in [0.29, 0.717) is 12.3 Å². The van der Waals surface area contributed by atoms with Gasteiger partial charge in [0.2, 0.25) is 0 Å². The van der Waals surface area contributed by atoms with Crippen molar-refractivity contribution < 1.29 is 8.42 Å². The smallest absolute Gasteiger partial charge is 0.191 e. The first kappa shape index (κ1) is 18.5. The number of guanidine groups is 1. The van der Waals surface area contributed by atoms with E-state index in [1.54, 1.807) is 0 Å². The lowest BCUT2D eigenvalue weighted by molar-refractivity contribution is 0.597. The van der Waals surface area contributed by atoms with Crippen molar-refractivity contribution in [2.24, 2.45) is 4.99 Å². The van der Waals surface area contributed by atoms with Crippen LogP contribution in [-0.4, -0.2) is 45.0 Å². The maximum atomic E-state index is 11.5. The summed E-state index contributed by atoms with van der Waals surface area (Å²) in [4.78, 5) is 4.65. The Morgan fingerprint density at radius 1 is 1.35 bits per heavy atom. The van der Waals surface area contributed by atoms with Gasteiger partial charge < -0.3 is 10.6 Å². The standard InChI is InChI=1S/C16H23N3O2S.HI/c1-2-17-16(19-14-7-8-22(20,21)11-14)18-10-13-9-12-5-3-4-6-15(12)13;/h3-6,13-14H,2,7-11H2,1H3,(H2,17,18,19);1H. The Hall–Kier alpha value is -0.830. The van der Waals surface area contributed by atoms with Crippen LogP contribution in [0.1, 0.15) is 30.4 Å². The predicted octanol–water partition coefficient (Wildman–Crippen LogP) is 1.69. The molecule has 5 nitrogen and oxygen atoms in total. The predicted molar refractivity (Wildman–Crippen MR) is 104 cm³/mol. The van der Waals surface area contributed by atoms with E-state index in [-0.39, 0.29) is 41.5 Å². The summed E-state index contributed by atoms with van der Waals surface area (Å²) >= 11 is 0. The molecule has 128 valence electrons. The van der Waals surface area contributed by atoms with Gasteiger partial charge in [0.15, 0.2) is 15.8 Å². The topological polar surface area (TPSA) is 70.6 Å². The monoisotopic (exact) mass is 449 g/mol. The molecule has 0 aromatic heterocycles. The minimum absolute atomic E-state index is 0. The summed E-state index contributed by atoms with van der Waals surface area (Å²) in [7, 11) is -2.87. The van der Waals surface area contributed by atoms with Gasteiger partial charge in [0.25, 0.3) is 0 Å². The van der Waals surface area contributed by atoms with E-state index < -0.39 is 9.84 Å². The lowest BCUT2D eigenvalue weighted by Gasteiger charge is -2.29. The molecule has 2 N–H and O–H groups in total. The molecular formula is C16H24IN3O2S. The number of rotatable bonds is 4. The van der Waals surface area contributed by atoms with Crippen molar-refractivity contribution in [3.8, 4) is 0 Å². The Morgan fingerprint density at radius 2 is 2.13 bits per heavy atom. The minimum atomic E-state index is -2.87. The molecule has 2 atom stereocenters. The zero-order chi connectivity index (χ0) is 15.6. The summed E-state index contributed by atoms with van der Waals surface area (Å²) in [5.41, 5.74) is 2.81. The fourth-order valence-electron chi connectivity index (χ4n) is 3.15. The van der Waals surface area contributed by atoms with Gasteiger partial charge in [0.05, 0.1) is 11.5 Å². The highest BCUT2D eigenvalue weighted by Crippen LogP contribution is 2.34. The van der Waals surface area contributed by atoms with Crippen LogP contribution in [0.4, 0.5) is 0 Å². The number of hydrogen-bond donors (Lipinski definition) is 2. The van der Waals surface area contributed by atoms with Gasteiger partial charge in [-0.05, 0) is 30.9 Å². The highest BCUT2D eigenvalue weighted by Gasteiger charge is 2.29. The van der Waals surface area contributed by atoms with E-state index in [9.17, 15) is 8.42 Å². The Labute approximate surface area is 155 Å². The van der Waals surface area contributed by atoms with Crippen LogP contribution in [0.5, 0.6) is 0 Å². The van der Waals surface area contributed by atoms with E-state index in [4.69, 9.17) is 0 Å². The van der Waals surface area contributed by atoms with Crippen LogP contribution in [0.25, 0.3) is 0 Å². The first-order valence-electron chi connectivity index (χ1n) is 7.90. The zero-order valence-corrected chi connectivity index (χ0v) is 16.4. The van der Waals surface area contributed by atoms with Crippen LogP contribution in [0.3, 0.4) is 0 Å². The van der Waals surface area contributed by atoms with Crippen molar-refractivity contribution in [2.45, 2.75) is 31.7 Å². The molecule has 2 unspecified atom stereocenters. The van der Waals surface area contributed by atoms with E-state index >= 15 is 0 Å². The molecule has 1 aromatic carbocycles. The second-order valence-corrected chi connectivity index (χ2v) is 8.29. The molecule has 23 heavy (non-hydrogen) atoms. The summed E-state index contributed by atoms with van der Waals surface area (Å²) in [6, 6.07) is 8.47. The van der Waals surface area contributed by atoms with Crippen molar-refractivity contribution in [3.05, 3.63) is 35.4 Å². The SMILES string of the molecule is CCNC(=NCC1Cc2ccccc21)NC1CCS(=O)(=O)C1.I. The second kappa shape index (κ2) is 7.83. The molecular weight excluding hydrogens is 425 g/mol. The van der Waals surface area contributed by atoms with Gasteiger partial charge in [-0.15, -0.1) is 24.0 Å². The van der Waals surface area contributed by atoms with E-state index in [2.05, 4.69) is 39.9 Å². The molecule has 0 bridgehead atoms. The fraction of sp³-hybridized carbons (Fsp3) is 0.562. The maximum absolute atomic E-state index is 11.5. The van der Waals surface area contributed by atoms with Crippen molar-refractivity contribution >= 4 is 39.8 Å². The average molecular weight is 449 g/mol. The third-order valence-corrected chi connectivity index (χ3v) is 6.12. The Kier molecular flexibility index (Phi) is 6.30. The lowest BCUT2D eigenvalue weighted by Crippen LogP contribution is -2.44. The van der Waals surface area contributed by atoms with Crippen LogP contribution in [0.2, 0.25) is 0 Å². The van der Waals surface area contributed by atoms with Gasteiger partial charge in [-0.2, -0.15) is 0 Å². The van der Waals surface area contributed by atoms with Crippen LogP contribution >= 0.6 is 24.0 Å². The normalized spacial score (nSPS) is 25.0. The quantitative estimate of drug-likeness (QED) is 0.417. The summed E-state index contributed by atoms with van der Waals surface area (Å²) in [5.74, 6) is 1.71. The van der Waals surface area contributed by atoms with Gasteiger partial charge in [0.1, 0.15) is 0 Å². The van der Waals surface area contributed by atoms with Crippen molar-refractivity contribution in [2.75, 3.05) is 24.6 Å². The Balaban J connectivity index is 0.00000192. The summed E-state index contributed by atoms with van der Waals surface area (Å²) < 4.78 is 23.1. The van der Waals surface area contributed by atoms with E-state index in [1.165, 1.54) is 11.1 Å². The molecule has 0 spiro atoms. The summed E-state index contributed by atoms with van der Waals surface area (Å²) in [5, 5.41) is 6.47. The highest BCUT2D eigenvalue weighted by atomic mass is 127. The number of benzene rings is 1. The number of fused-ring (bicyclic) bond motifs is 1. The van der Waals surface area contributed by atoms with Gasteiger partial charge in [-0.1, -0.05) is 24.3 Å². The number of nitrogens with zero attached hydrogens (tertiary/aromatic N) is 1. The zero-order valence-electron chi connectivity index (χ0n) is 13.3. The number of nitrogens with one attached hydrogen (secondary N) is 2. The van der Waals surface area contributed by atoms with Gasteiger partial charge >= 0.3 is 0 Å². The number of halogens is 1. The molecule has 0 saturated carbocycles. The average Bonchev–Trinajstić information content (AvgIpc) is 2.79. The first-order valence-corrected chi connectivity index (χ1v) is 9.72. The third kappa shape index (κ3) is 4.59.